The van der Waals surface area contributed by atoms with Crippen molar-refractivity contribution in [1.82, 2.24) is 10.2 Å². The summed E-state index contributed by atoms with van der Waals surface area (Å²) < 4.78 is 11.7. The Bertz CT molecular complexity index is 625. The smallest absolute Gasteiger partial charge is 0.161 e. The zero-order valence-corrected chi connectivity index (χ0v) is 18.1. The molecule has 6 heteroatoms. The van der Waals surface area contributed by atoms with Gasteiger partial charge in [0.2, 0.25) is 0 Å². The summed E-state index contributed by atoms with van der Waals surface area (Å²) in [6.07, 6.45) is 1.14. The monoisotopic (exact) mass is 414 g/mol. The van der Waals surface area contributed by atoms with E-state index in [-0.39, 0.29) is 24.8 Å². The van der Waals surface area contributed by atoms with Gasteiger partial charge in [-0.15, -0.1) is 24.8 Å². The highest BCUT2D eigenvalue weighted by Crippen LogP contribution is 2.29. The van der Waals surface area contributed by atoms with Crippen LogP contribution in [0.15, 0.2) is 48.5 Å². The molecule has 0 fully saturated rings. The molecule has 0 bridgehead atoms. The van der Waals surface area contributed by atoms with Gasteiger partial charge in [0.25, 0.3) is 0 Å². The molecule has 0 aliphatic rings. The number of hydrogen-bond donors (Lipinski definition) is 1. The molecule has 0 radical (unpaired) electrons. The van der Waals surface area contributed by atoms with Crippen LogP contribution in [-0.2, 0) is 13.2 Å². The fraction of sp³-hybridized carbons (Fsp3) is 0.429. The van der Waals surface area contributed by atoms with Gasteiger partial charge in [-0.2, -0.15) is 0 Å². The number of benzene rings is 2. The van der Waals surface area contributed by atoms with Crippen LogP contribution in [0.1, 0.15) is 24.5 Å². The van der Waals surface area contributed by atoms with Crippen LogP contribution in [0.25, 0.3) is 0 Å². The predicted octanol–water partition coefficient (Wildman–Crippen LogP) is 4.55. The highest BCUT2D eigenvalue weighted by atomic mass is 35.5. The van der Waals surface area contributed by atoms with Crippen LogP contribution in [0.2, 0.25) is 0 Å². The predicted molar refractivity (Wildman–Crippen MR) is 118 cm³/mol. The molecule has 0 aliphatic carbocycles. The summed E-state index contributed by atoms with van der Waals surface area (Å²) in [6, 6.07) is 16.4. The van der Waals surface area contributed by atoms with Crippen molar-refractivity contribution in [3.05, 3.63) is 59.7 Å². The Morgan fingerprint density at radius 1 is 0.889 bits per heavy atom. The van der Waals surface area contributed by atoms with Gasteiger partial charge in [0, 0.05) is 6.54 Å². The molecule has 0 atom stereocenters. The van der Waals surface area contributed by atoms with E-state index in [0.717, 1.165) is 43.1 Å². The first-order valence-corrected chi connectivity index (χ1v) is 8.97. The van der Waals surface area contributed by atoms with Crippen LogP contribution in [0.5, 0.6) is 11.5 Å². The quantitative estimate of drug-likeness (QED) is 0.546. The summed E-state index contributed by atoms with van der Waals surface area (Å²) in [5.74, 6) is 1.60. The summed E-state index contributed by atoms with van der Waals surface area (Å²) in [6.45, 7) is 6.11. The van der Waals surface area contributed by atoms with Gasteiger partial charge in [0.15, 0.2) is 11.5 Å². The second-order valence-electron chi connectivity index (χ2n) is 6.32. The molecule has 0 heterocycles. The Balaban J connectivity index is 0.00000338. The van der Waals surface area contributed by atoms with E-state index in [9.17, 15) is 0 Å². The lowest BCUT2D eigenvalue weighted by Crippen LogP contribution is -2.21. The third-order valence-electron chi connectivity index (χ3n) is 3.83. The Labute approximate surface area is 176 Å². The first-order chi connectivity index (χ1) is 12.2. The highest BCUT2D eigenvalue weighted by molar-refractivity contribution is 5.85. The molecule has 27 heavy (non-hydrogen) atoms. The first kappa shape index (κ1) is 25.5. The third-order valence-corrected chi connectivity index (χ3v) is 3.83. The zero-order valence-electron chi connectivity index (χ0n) is 16.4. The topological polar surface area (TPSA) is 33.7 Å². The van der Waals surface area contributed by atoms with Gasteiger partial charge in [-0.05, 0) is 63.8 Å². The van der Waals surface area contributed by atoms with Crippen molar-refractivity contribution >= 4 is 24.8 Å². The van der Waals surface area contributed by atoms with Crippen LogP contribution in [0.4, 0.5) is 0 Å². The minimum absolute atomic E-state index is 0. The number of ether oxygens (including phenoxy) is 2. The largest absolute Gasteiger partial charge is 0.490 e. The SMILES string of the molecule is CCOc1cc(CNCCCN(C)C)ccc1OCc1ccccc1.Cl.Cl. The Kier molecular flexibility index (Phi) is 13.8. The molecule has 0 saturated heterocycles. The Morgan fingerprint density at radius 2 is 1.63 bits per heavy atom. The summed E-state index contributed by atoms with van der Waals surface area (Å²) >= 11 is 0. The maximum absolute atomic E-state index is 5.95. The molecule has 152 valence electrons. The van der Waals surface area contributed by atoms with Crippen molar-refractivity contribution < 1.29 is 9.47 Å². The first-order valence-electron chi connectivity index (χ1n) is 8.97. The van der Waals surface area contributed by atoms with Crippen molar-refractivity contribution in [2.75, 3.05) is 33.8 Å². The fourth-order valence-corrected chi connectivity index (χ4v) is 2.54. The highest BCUT2D eigenvalue weighted by Gasteiger charge is 2.07. The Morgan fingerprint density at radius 3 is 2.30 bits per heavy atom. The second kappa shape index (κ2) is 14.6. The van der Waals surface area contributed by atoms with Crippen molar-refractivity contribution in [2.45, 2.75) is 26.5 Å². The van der Waals surface area contributed by atoms with E-state index in [1.165, 1.54) is 5.56 Å². The minimum atomic E-state index is 0. The molecule has 0 aromatic heterocycles. The van der Waals surface area contributed by atoms with Crippen molar-refractivity contribution in [1.29, 1.82) is 0 Å². The van der Waals surface area contributed by atoms with Gasteiger partial charge in [-0.3, -0.25) is 0 Å². The molecule has 4 nitrogen and oxygen atoms in total. The summed E-state index contributed by atoms with van der Waals surface area (Å²) in [7, 11) is 4.20. The lowest BCUT2D eigenvalue weighted by molar-refractivity contribution is 0.269. The number of hydrogen-bond acceptors (Lipinski definition) is 4. The van der Waals surface area contributed by atoms with Crippen molar-refractivity contribution in [3.8, 4) is 11.5 Å². The lowest BCUT2D eigenvalue weighted by atomic mass is 10.2. The fourth-order valence-electron chi connectivity index (χ4n) is 2.54. The van der Waals surface area contributed by atoms with Gasteiger partial charge in [0.1, 0.15) is 6.61 Å². The number of halogens is 2. The second-order valence-corrected chi connectivity index (χ2v) is 6.32. The van der Waals surface area contributed by atoms with E-state index in [1.54, 1.807) is 0 Å². The normalized spacial score (nSPS) is 10.1. The summed E-state index contributed by atoms with van der Waals surface area (Å²) in [4.78, 5) is 2.20. The molecule has 2 aromatic rings. The van der Waals surface area contributed by atoms with Gasteiger partial charge in [-0.1, -0.05) is 36.4 Å². The van der Waals surface area contributed by atoms with Gasteiger partial charge in [-0.25, -0.2) is 0 Å². The van der Waals surface area contributed by atoms with Gasteiger partial charge >= 0.3 is 0 Å². The van der Waals surface area contributed by atoms with Crippen LogP contribution in [0, 0.1) is 0 Å². The lowest BCUT2D eigenvalue weighted by Gasteiger charge is -2.14. The van der Waals surface area contributed by atoms with E-state index in [0.29, 0.717) is 13.2 Å². The standard InChI is InChI=1S/C21H30N2O2.2ClH/c1-4-24-21-15-19(16-22-13-8-14-23(2)3)11-12-20(21)25-17-18-9-6-5-7-10-18;;/h5-7,9-12,15,22H,4,8,13-14,16-17H2,1-3H3;2*1H. The van der Waals surface area contributed by atoms with E-state index in [2.05, 4.69) is 48.6 Å². The molecule has 0 unspecified atom stereocenters. The Hall–Kier alpha value is -1.46. The molecule has 0 spiro atoms. The van der Waals surface area contributed by atoms with Crippen LogP contribution in [-0.4, -0.2) is 38.7 Å². The molecule has 2 aromatic carbocycles. The maximum Gasteiger partial charge on any atom is 0.161 e. The maximum atomic E-state index is 5.95. The van der Waals surface area contributed by atoms with Crippen molar-refractivity contribution in [3.63, 3.8) is 0 Å². The average Bonchev–Trinajstić information content (AvgIpc) is 2.61. The average molecular weight is 415 g/mol. The van der Waals surface area contributed by atoms with Crippen molar-refractivity contribution in [2.24, 2.45) is 0 Å². The third kappa shape index (κ3) is 9.87. The molecule has 0 aliphatic heterocycles. The van der Waals surface area contributed by atoms with Gasteiger partial charge < -0.3 is 19.7 Å². The molecule has 2 rings (SSSR count). The van der Waals surface area contributed by atoms with E-state index in [4.69, 9.17) is 9.47 Å². The van der Waals surface area contributed by atoms with Gasteiger partial charge in [0.05, 0.1) is 6.61 Å². The van der Waals surface area contributed by atoms with Crippen LogP contribution < -0.4 is 14.8 Å². The molecule has 0 amide bonds. The van der Waals surface area contributed by atoms with Crippen LogP contribution >= 0.6 is 24.8 Å². The molecule has 0 saturated carbocycles. The van der Waals surface area contributed by atoms with E-state index >= 15 is 0 Å². The molecule has 1 N–H and O–H groups in total. The minimum Gasteiger partial charge on any atom is -0.490 e. The summed E-state index contributed by atoms with van der Waals surface area (Å²) in [5, 5.41) is 3.48. The van der Waals surface area contributed by atoms with Crippen LogP contribution in [0.3, 0.4) is 0 Å². The molecular weight excluding hydrogens is 383 g/mol. The number of rotatable bonds is 11. The van der Waals surface area contributed by atoms with E-state index in [1.807, 2.05) is 31.2 Å². The molecular formula is C21H32Cl2N2O2. The van der Waals surface area contributed by atoms with E-state index < -0.39 is 0 Å². The number of nitrogens with one attached hydrogen (secondary N) is 1. The zero-order chi connectivity index (χ0) is 17.9. The number of nitrogens with zero attached hydrogens (tertiary/aromatic N) is 1. The summed E-state index contributed by atoms with van der Waals surface area (Å²) in [5.41, 5.74) is 2.36.